The first-order chi connectivity index (χ1) is 11.3. The second kappa shape index (κ2) is 10.0. The number of hydrogen-bond donors (Lipinski definition) is 2. The summed E-state index contributed by atoms with van der Waals surface area (Å²) >= 11 is 6.21. The number of rotatable bonds is 10. The van der Waals surface area contributed by atoms with Crippen molar-refractivity contribution < 1.29 is 24.2 Å². The third-order valence-electron chi connectivity index (χ3n) is 3.29. The highest BCUT2D eigenvalue weighted by Gasteiger charge is 2.16. The van der Waals surface area contributed by atoms with E-state index in [1.54, 1.807) is 6.07 Å². The summed E-state index contributed by atoms with van der Waals surface area (Å²) in [6, 6.07) is 3.07. The van der Waals surface area contributed by atoms with Crippen LogP contribution in [-0.2, 0) is 4.79 Å². The molecule has 0 unspecified atom stereocenters. The Labute approximate surface area is 147 Å². The molecule has 6 nitrogen and oxygen atoms in total. The Bertz CT molecular complexity index is 574. The number of methoxy groups -OCH3 is 1. The molecule has 0 spiro atoms. The first kappa shape index (κ1) is 20.1. The summed E-state index contributed by atoms with van der Waals surface area (Å²) < 4.78 is 10.9. The van der Waals surface area contributed by atoms with E-state index in [0.29, 0.717) is 41.0 Å². The van der Waals surface area contributed by atoms with Gasteiger partial charge in [0, 0.05) is 18.5 Å². The zero-order chi connectivity index (χ0) is 18.1. The average Bonchev–Trinajstić information content (AvgIpc) is 2.51. The van der Waals surface area contributed by atoms with Crippen LogP contribution in [0.15, 0.2) is 12.1 Å². The number of carbonyl (C=O) groups excluding carboxylic acids is 1. The van der Waals surface area contributed by atoms with Crippen LogP contribution >= 0.6 is 11.6 Å². The number of nitrogens with one attached hydrogen (secondary N) is 1. The minimum Gasteiger partial charge on any atom is -0.493 e. The lowest BCUT2D eigenvalue weighted by atomic mass is 10.1. The maximum atomic E-state index is 12.1. The van der Waals surface area contributed by atoms with E-state index in [1.165, 1.54) is 13.2 Å². The van der Waals surface area contributed by atoms with Crippen LogP contribution in [0.5, 0.6) is 11.5 Å². The molecule has 0 bridgehead atoms. The standard InChI is InChI=1S/C17H24ClNO5/c1-11(2)6-8-24-16-13(18)9-12(10-14(16)23-3)17(22)19-7-4-5-15(20)21/h9-11H,4-8H2,1-3H3,(H,19,22)(H,20,21). The number of ether oxygens (including phenoxy) is 2. The maximum Gasteiger partial charge on any atom is 0.303 e. The summed E-state index contributed by atoms with van der Waals surface area (Å²) in [5.41, 5.74) is 0.336. The van der Waals surface area contributed by atoms with E-state index in [4.69, 9.17) is 26.2 Å². The lowest BCUT2D eigenvalue weighted by Crippen LogP contribution is -2.25. The van der Waals surface area contributed by atoms with Gasteiger partial charge >= 0.3 is 5.97 Å². The van der Waals surface area contributed by atoms with Crippen LogP contribution in [0.2, 0.25) is 5.02 Å². The fourth-order valence-corrected chi connectivity index (χ4v) is 2.20. The molecule has 24 heavy (non-hydrogen) atoms. The first-order valence-corrected chi connectivity index (χ1v) is 8.23. The van der Waals surface area contributed by atoms with E-state index in [2.05, 4.69) is 19.2 Å². The lowest BCUT2D eigenvalue weighted by Gasteiger charge is -2.15. The third-order valence-corrected chi connectivity index (χ3v) is 3.57. The average molecular weight is 358 g/mol. The summed E-state index contributed by atoms with van der Waals surface area (Å²) in [4.78, 5) is 22.6. The molecular weight excluding hydrogens is 334 g/mol. The molecule has 1 aromatic rings. The molecule has 0 atom stereocenters. The van der Waals surface area contributed by atoms with Gasteiger partial charge in [-0.3, -0.25) is 9.59 Å². The number of hydrogen-bond acceptors (Lipinski definition) is 4. The van der Waals surface area contributed by atoms with Crippen LogP contribution in [0.1, 0.15) is 43.5 Å². The highest BCUT2D eigenvalue weighted by Crippen LogP contribution is 2.36. The van der Waals surface area contributed by atoms with Crippen molar-refractivity contribution in [1.29, 1.82) is 0 Å². The Morgan fingerprint density at radius 1 is 1.33 bits per heavy atom. The van der Waals surface area contributed by atoms with Crippen molar-refractivity contribution in [3.8, 4) is 11.5 Å². The SMILES string of the molecule is COc1cc(C(=O)NCCCC(=O)O)cc(Cl)c1OCCC(C)C. The van der Waals surface area contributed by atoms with E-state index in [0.717, 1.165) is 6.42 Å². The Kier molecular flexibility index (Phi) is 8.40. The molecule has 0 aliphatic heterocycles. The van der Waals surface area contributed by atoms with Crippen molar-refractivity contribution in [2.45, 2.75) is 33.1 Å². The first-order valence-electron chi connectivity index (χ1n) is 7.85. The Hall–Kier alpha value is -1.95. The number of benzene rings is 1. The molecule has 0 aliphatic carbocycles. The minimum absolute atomic E-state index is 0.00693. The topological polar surface area (TPSA) is 84.9 Å². The van der Waals surface area contributed by atoms with Gasteiger partial charge in [0.15, 0.2) is 11.5 Å². The predicted octanol–water partition coefficient (Wildman–Crippen LogP) is 3.37. The van der Waals surface area contributed by atoms with Gasteiger partial charge in [0.1, 0.15) is 0 Å². The van der Waals surface area contributed by atoms with Gasteiger partial charge in [0.05, 0.1) is 18.7 Å². The fraction of sp³-hybridized carbons (Fsp3) is 0.529. The lowest BCUT2D eigenvalue weighted by molar-refractivity contribution is -0.137. The van der Waals surface area contributed by atoms with Crippen molar-refractivity contribution in [1.82, 2.24) is 5.32 Å². The molecule has 0 saturated heterocycles. The van der Waals surface area contributed by atoms with Crippen LogP contribution in [0, 0.1) is 5.92 Å². The number of carboxylic acid groups (broad SMARTS) is 1. The van der Waals surface area contributed by atoms with Gasteiger partial charge in [-0.05, 0) is 30.9 Å². The van der Waals surface area contributed by atoms with Crippen molar-refractivity contribution in [2.75, 3.05) is 20.3 Å². The van der Waals surface area contributed by atoms with Crippen LogP contribution in [0.4, 0.5) is 0 Å². The number of aliphatic carboxylic acids is 1. The number of amides is 1. The number of carbonyl (C=O) groups is 2. The van der Waals surface area contributed by atoms with Crippen molar-refractivity contribution in [2.24, 2.45) is 5.92 Å². The highest BCUT2D eigenvalue weighted by atomic mass is 35.5. The second-order valence-corrected chi connectivity index (χ2v) is 6.18. The van der Waals surface area contributed by atoms with E-state index in [9.17, 15) is 9.59 Å². The monoisotopic (exact) mass is 357 g/mol. The van der Waals surface area contributed by atoms with E-state index < -0.39 is 5.97 Å². The molecule has 1 aromatic carbocycles. The van der Waals surface area contributed by atoms with Gasteiger partial charge in [0.25, 0.3) is 5.91 Å². The van der Waals surface area contributed by atoms with E-state index in [1.807, 2.05) is 0 Å². The fourth-order valence-electron chi connectivity index (χ4n) is 1.93. The molecule has 0 aromatic heterocycles. The quantitative estimate of drug-likeness (QED) is 0.627. The van der Waals surface area contributed by atoms with Gasteiger partial charge in [-0.2, -0.15) is 0 Å². The maximum absolute atomic E-state index is 12.1. The molecule has 0 radical (unpaired) electrons. The normalized spacial score (nSPS) is 10.5. The zero-order valence-electron chi connectivity index (χ0n) is 14.2. The molecule has 0 heterocycles. The van der Waals surface area contributed by atoms with Gasteiger partial charge in [0.2, 0.25) is 0 Å². The van der Waals surface area contributed by atoms with Crippen molar-refractivity contribution in [3.05, 3.63) is 22.7 Å². The second-order valence-electron chi connectivity index (χ2n) is 5.77. The molecule has 1 amide bonds. The molecular formula is C17H24ClNO5. The molecule has 1 rings (SSSR count). The molecule has 2 N–H and O–H groups in total. The zero-order valence-corrected chi connectivity index (χ0v) is 15.0. The Balaban J connectivity index is 2.74. The summed E-state index contributed by atoms with van der Waals surface area (Å²) in [6.45, 7) is 4.98. The molecule has 7 heteroatoms. The van der Waals surface area contributed by atoms with E-state index in [-0.39, 0.29) is 18.9 Å². The largest absolute Gasteiger partial charge is 0.493 e. The number of halogens is 1. The van der Waals surface area contributed by atoms with Crippen molar-refractivity contribution >= 4 is 23.5 Å². The molecule has 134 valence electrons. The summed E-state index contributed by atoms with van der Waals surface area (Å²) in [5, 5.41) is 11.5. The Morgan fingerprint density at radius 2 is 2.04 bits per heavy atom. The summed E-state index contributed by atoms with van der Waals surface area (Å²) in [6.07, 6.45) is 1.25. The van der Waals surface area contributed by atoms with Crippen LogP contribution in [0.3, 0.4) is 0 Å². The van der Waals surface area contributed by atoms with Gasteiger partial charge in [-0.25, -0.2) is 0 Å². The van der Waals surface area contributed by atoms with Gasteiger partial charge in [-0.1, -0.05) is 25.4 Å². The van der Waals surface area contributed by atoms with Crippen molar-refractivity contribution in [3.63, 3.8) is 0 Å². The smallest absolute Gasteiger partial charge is 0.303 e. The predicted molar refractivity (Wildman–Crippen MR) is 92.2 cm³/mol. The van der Waals surface area contributed by atoms with Crippen LogP contribution < -0.4 is 14.8 Å². The van der Waals surface area contributed by atoms with Gasteiger partial charge in [-0.15, -0.1) is 0 Å². The molecule has 0 saturated carbocycles. The molecule has 0 aliphatic rings. The highest BCUT2D eigenvalue weighted by molar-refractivity contribution is 6.32. The molecule has 0 fully saturated rings. The summed E-state index contributed by atoms with van der Waals surface area (Å²) in [7, 11) is 1.48. The van der Waals surface area contributed by atoms with Crippen LogP contribution in [-0.4, -0.2) is 37.2 Å². The summed E-state index contributed by atoms with van der Waals surface area (Å²) in [5.74, 6) is 0.0843. The van der Waals surface area contributed by atoms with Gasteiger partial charge < -0.3 is 19.9 Å². The minimum atomic E-state index is -0.892. The van der Waals surface area contributed by atoms with Crippen LogP contribution in [0.25, 0.3) is 0 Å². The third kappa shape index (κ3) is 6.66. The van der Waals surface area contributed by atoms with E-state index >= 15 is 0 Å². The Morgan fingerprint density at radius 3 is 2.62 bits per heavy atom. The number of carboxylic acids is 1.